The average Bonchev–Trinajstić information content (AvgIpc) is 2.80. The van der Waals surface area contributed by atoms with E-state index in [0.29, 0.717) is 19.4 Å². The Morgan fingerprint density at radius 3 is 2.37 bits per heavy atom. The summed E-state index contributed by atoms with van der Waals surface area (Å²) in [5.74, 6) is -1.66. The first-order valence-corrected chi connectivity index (χ1v) is 12.1. The Morgan fingerprint density at radius 1 is 1.17 bits per heavy atom. The first-order valence-electron chi connectivity index (χ1n) is 12.1. The van der Waals surface area contributed by atoms with Crippen LogP contribution in [-0.4, -0.2) is 82.0 Å². The fourth-order valence-corrected chi connectivity index (χ4v) is 4.09. The molecule has 10 nitrogen and oxygen atoms in total. The van der Waals surface area contributed by atoms with E-state index in [1.54, 1.807) is 30.6 Å². The van der Waals surface area contributed by atoms with Crippen LogP contribution in [0.4, 0.5) is 4.79 Å². The Morgan fingerprint density at radius 2 is 1.83 bits per heavy atom. The number of carbonyl (C=O) groups excluding carboxylic acids is 3. The summed E-state index contributed by atoms with van der Waals surface area (Å²) in [5, 5.41) is 19.5. The van der Waals surface area contributed by atoms with Crippen LogP contribution in [-0.2, 0) is 20.7 Å². The van der Waals surface area contributed by atoms with Crippen LogP contribution < -0.4 is 10.2 Å². The quantitative estimate of drug-likeness (QED) is 0.356. The van der Waals surface area contributed by atoms with Gasteiger partial charge in [-0.1, -0.05) is 12.1 Å². The van der Waals surface area contributed by atoms with E-state index in [1.807, 2.05) is 38.1 Å². The predicted octanol–water partition coefficient (Wildman–Crippen LogP) is 2.36. The van der Waals surface area contributed by atoms with Crippen molar-refractivity contribution in [1.82, 2.24) is 15.3 Å². The number of carbonyl (C=O) groups is 3. The third-order valence-corrected chi connectivity index (χ3v) is 5.86. The number of rotatable bonds is 9. The number of hydroxylamine groups is 1. The monoisotopic (exact) mass is 493 g/mol. The Labute approximate surface area is 207 Å². The van der Waals surface area contributed by atoms with Gasteiger partial charge in [-0.05, 0) is 71.6 Å². The maximum absolute atomic E-state index is 13.3. The van der Waals surface area contributed by atoms with Gasteiger partial charge in [0, 0.05) is 25.7 Å². The van der Waals surface area contributed by atoms with Crippen LogP contribution in [0.1, 0.15) is 53.0 Å². The molecule has 0 aliphatic carbocycles. The summed E-state index contributed by atoms with van der Waals surface area (Å²) in [7, 11) is 0. The predicted molar refractivity (Wildman–Crippen MR) is 129 cm³/mol. The minimum atomic E-state index is -1.69. The van der Waals surface area contributed by atoms with Crippen LogP contribution in [0.3, 0.4) is 0 Å². The van der Waals surface area contributed by atoms with Crippen molar-refractivity contribution in [2.45, 2.75) is 71.6 Å². The van der Waals surface area contributed by atoms with Crippen LogP contribution in [0.2, 0.25) is 0 Å². The van der Waals surface area contributed by atoms with Crippen molar-refractivity contribution >= 4 is 17.9 Å². The molecule has 1 aliphatic rings. The molecule has 3 amide bonds. The lowest BCUT2D eigenvalue weighted by Crippen LogP contribution is -2.58. The second-order valence-electron chi connectivity index (χ2n) is 9.80. The van der Waals surface area contributed by atoms with Crippen molar-refractivity contribution in [3.8, 4) is 5.75 Å². The molecule has 0 spiro atoms. The number of hydrogen-bond acceptors (Lipinski definition) is 7. The SMILES string of the molecule is CCOc1ccc(CCC[C@@H](C(=O)N2CCN(C(=O)OC(C)(C)C)[C@@H](C)C2)[C@H](O)C(=O)NO)cc1. The van der Waals surface area contributed by atoms with Crippen molar-refractivity contribution in [3.05, 3.63) is 29.8 Å². The first-order chi connectivity index (χ1) is 16.5. The van der Waals surface area contributed by atoms with Gasteiger partial charge in [0.25, 0.3) is 5.91 Å². The summed E-state index contributed by atoms with van der Waals surface area (Å²) in [5.41, 5.74) is 1.86. The molecule has 2 rings (SSSR count). The number of aliphatic hydroxyl groups excluding tert-OH is 1. The Hall–Kier alpha value is -2.85. The summed E-state index contributed by atoms with van der Waals surface area (Å²) in [4.78, 5) is 40.9. The van der Waals surface area contributed by atoms with Crippen molar-refractivity contribution in [2.75, 3.05) is 26.2 Å². The van der Waals surface area contributed by atoms with E-state index in [4.69, 9.17) is 14.7 Å². The van der Waals surface area contributed by atoms with Crippen molar-refractivity contribution < 1.29 is 34.2 Å². The molecule has 0 bridgehead atoms. The molecule has 0 saturated carbocycles. The highest BCUT2D eigenvalue weighted by Gasteiger charge is 2.38. The second kappa shape index (κ2) is 12.7. The second-order valence-corrected chi connectivity index (χ2v) is 9.80. The number of piperazine rings is 1. The third-order valence-electron chi connectivity index (χ3n) is 5.86. The minimum absolute atomic E-state index is 0.251. The van der Waals surface area contributed by atoms with E-state index < -0.39 is 29.6 Å². The molecule has 3 N–H and O–H groups in total. The van der Waals surface area contributed by atoms with Gasteiger partial charge in [-0.15, -0.1) is 0 Å². The summed E-state index contributed by atoms with van der Waals surface area (Å²) in [6, 6.07) is 7.34. The smallest absolute Gasteiger partial charge is 0.410 e. The number of nitrogens with zero attached hydrogens (tertiary/aromatic N) is 2. The zero-order valence-electron chi connectivity index (χ0n) is 21.3. The normalized spacial score (nSPS) is 18.0. The Bertz CT molecular complexity index is 854. The van der Waals surface area contributed by atoms with E-state index in [2.05, 4.69) is 0 Å². The van der Waals surface area contributed by atoms with Gasteiger partial charge in [0.2, 0.25) is 5.91 Å². The topological polar surface area (TPSA) is 129 Å². The standard InChI is InChI=1S/C25H39N3O7/c1-6-34-19-12-10-18(11-13-19)8-7-9-20(21(29)22(30)26-33)23(31)27-14-15-28(17(2)16-27)24(32)35-25(3,4)5/h10-13,17,20-21,29,33H,6-9,14-16H2,1-5H3,(H,26,30)/t17-,20+,21-/m0/s1. The molecule has 1 fully saturated rings. The lowest BCUT2D eigenvalue weighted by Gasteiger charge is -2.41. The van der Waals surface area contributed by atoms with Gasteiger partial charge in [-0.2, -0.15) is 0 Å². The summed E-state index contributed by atoms with van der Waals surface area (Å²) in [6.45, 7) is 10.5. The maximum Gasteiger partial charge on any atom is 0.410 e. The number of ether oxygens (including phenoxy) is 2. The fraction of sp³-hybridized carbons (Fsp3) is 0.640. The maximum atomic E-state index is 13.3. The molecule has 0 unspecified atom stereocenters. The number of hydrogen-bond donors (Lipinski definition) is 3. The van der Waals surface area contributed by atoms with E-state index in [9.17, 15) is 19.5 Å². The number of nitrogens with one attached hydrogen (secondary N) is 1. The molecule has 1 aromatic rings. The molecule has 196 valence electrons. The zero-order chi connectivity index (χ0) is 26.2. The van der Waals surface area contributed by atoms with Crippen LogP contribution >= 0.6 is 0 Å². The van der Waals surface area contributed by atoms with Crippen LogP contribution in [0.15, 0.2) is 24.3 Å². The summed E-state index contributed by atoms with van der Waals surface area (Å²) >= 11 is 0. The summed E-state index contributed by atoms with van der Waals surface area (Å²) in [6.07, 6.45) is -0.683. The van der Waals surface area contributed by atoms with Crippen LogP contribution in [0.5, 0.6) is 5.75 Å². The number of aliphatic hydroxyl groups is 1. The molecule has 0 radical (unpaired) electrons. The van der Waals surface area contributed by atoms with Gasteiger partial charge in [0.05, 0.1) is 12.5 Å². The van der Waals surface area contributed by atoms with Gasteiger partial charge in [0.1, 0.15) is 17.5 Å². The lowest BCUT2D eigenvalue weighted by molar-refractivity contribution is -0.152. The molecule has 0 aromatic heterocycles. The zero-order valence-corrected chi connectivity index (χ0v) is 21.3. The molecule has 1 aliphatic heterocycles. The van der Waals surface area contributed by atoms with E-state index in [-0.39, 0.29) is 38.0 Å². The molecular formula is C25H39N3O7. The molecule has 1 heterocycles. The van der Waals surface area contributed by atoms with Crippen molar-refractivity contribution in [3.63, 3.8) is 0 Å². The third kappa shape index (κ3) is 8.40. The number of benzene rings is 1. The number of aryl methyl sites for hydroxylation is 1. The lowest BCUT2D eigenvalue weighted by atomic mass is 9.92. The number of amides is 3. The van der Waals surface area contributed by atoms with Gasteiger partial charge in [-0.3, -0.25) is 14.8 Å². The molecular weight excluding hydrogens is 454 g/mol. The van der Waals surface area contributed by atoms with Crippen LogP contribution in [0.25, 0.3) is 0 Å². The molecule has 10 heteroatoms. The van der Waals surface area contributed by atoms with Gasteiger partial charge in [-0.25, -0.2) is 10.3 Å². The molecule has 1 saturated heterocycles. The highest BCUT2D eigenvalue weighted by Crippen LogP contribution is 2.22. The van der Waals surface area contributed by atoms with E-state index in [1.165, 1.54) is 5.48 Å². The van der Waals surface area contributed by atoms with E-state index in [0.717, 1.165) is 11.3 Å². The molecule has 3 atom stereocenters. The average molecular weight is 494 g/mol. The van der Waals surface area contributed by atoms with Crippen molar-refractivity contribution in [2.24, 2.45) is 5.92 Å². The van der Waals surface area contributed by atoms with Gasteiger partial charge < -0.3 is 24.4 Å². The highest BCUT2D eigenvalue weighted by atomic mass is 16.6. The highest BCUT2D eigenvalue weighted by molar-refractivity contribution is 5.88. The van der Waals surface area contributed by atoms with Crippen molar-refractivity contribution in [1.29, 1.82) is 0 Å². The minimum Gasteiger partial charge on any atom is -0.494 e. The molecule has 1 aromatic carbocycles. The van der Waals surface area contributed by atoms with E-state index >= 15 is 0 Å². The fourth-order valence-electron chi connectivity index (χ4n) is 4.09. The summed E-state index contributed by atoms with van der Waals surface area (Å²) < 4.78 is 10.9. The Balaban J connectivity index is 2.02. The van der Waals surface area contributed by atoms with Crippen LogP contribution in [0, 0.1) is 5.92 Å². The molecule has 35 heavy (non-hydrogen) atoms. The first kappa shape index (κ1) is 28.4. The van der Waals surface area contributed by atoms with Gasteiger partial charge in [0.15, 0.2) is 0 Å². The van der Waals surface area contributed by atoms with Gasteiger partial charge >= 0.3 is 6.09 Å². The largest absolute Gasteiger partial charge is 0.494 e. The Kier molecular flexibility index (Phi) is 10.3.